The Morgan fingerprint density at radius 2 is 1.88 bits per heavy atom. The molecule has 0 saturated heterocycles. The van der Waals surface area contributed by atoms with Crippen LogP contribution in [-0.4, -0.2) is 6.54 Å². The van der Waals surface area contributed by atoms with E-state index in [-0.39, 0.29) is 0 Å². The van der Waals surface area contributed by atoms with E-state index in [2.05, 4.69) is 39.8 Å². The summed E-state index contributed by atoms with van der Waals surface area (Å²) in [7, 11) is 0. The van der Waals surface area contributed by atoms with E-state index in [9.17, 15) is 0 Å². The minimum absolute atomic E-state index is 0.291. The number of rotatable bonds is 3. The lowest BCUT2D eigenvalue weighted by Gasteiger charge is -2.43. The van der Waals surface area contributed by atoms with Crippen LogP contribution in [0.25, 0.3) is 0 Å². The van der Waals surface area contributed by atoms with Gasteiger partial charge in [-0.3, -0.25) is 0 Å². The van der Waals surface area contributed by atoms with Gasteiger partial charge in [-0.1, -0.05) is 32.4 Å². The third-order valence-corrected chi connectivity index (χ3v) is 4.63. The summed E-state index contributed by atoms with van der Waals surface area (Å²) in [5.41, 5.74) is 12.2. The molecule has 0 bridgehead atoms. The molecule has 1 aliphatic carbocycles. The van der Waals surface area contributed by atoms with Crippen molar-refractivity contribution >= 4 is 0 Å². The first-order chi connectivity index (χ1) is 8.00. The van der Waals surface area contributed by atoms with Crippen molar-refractivity contribution in [2.24, 2.45) is 5.73 Å². The average Bonchev–Trinajstić information content (AvgIpc) is 2.22. The summed E-state index contributed by atoms with van der Waals surface area (Å²) in [5.74, 6) is 0.600. The van der Waals surface area contributed by atoms with E-state index in [1.54, 1.807) is 0 Å². The minimum atomic E-state index is 0.291. The Balaban J connectivity index is 2.52. The molecule has 0 atom stereocenters. The van der Waals surface area contributed by atoms with Gasteiger partial charge in [0.05, 0.1) is 0 Å². The van der Waals surface area contributed by atoms with Gasteiger partial charge in [0.1, 0.15) is 0 Å². The predicted octanol–water partition coefficient (Wildman–Crippen LogP) is 3.81. The molecule has 0 radical (unpaired) electrons. The molecule has 2 N–H and O–H groups in total. The normalized spacial score (nSPS) is 18.2. The van der Waals surface area contributed by atoms with Gasteiger partial charge in [0.2, 0.25) is 0 Å². The lowest BCUT2D eigenvalue weighted by Crippen LogP contribution is -2.42. The Morgan fingerprint density at radius 3 is 2.29 bits per heavy atom. The Morgan fingerprint density at radius 1 is 1.24 bits per heavy atom. The molecule has 0 heterocycles. The fourth-order valence-corrected chi connectivity index (χ4v) is 2.96. The van der Waals surface area contributed by atoms with Crippen LogP contribution < -0.4 is 5.73 Å². The van der Waals surface area contributed by atoms with Crippen LogP contribution in [0.3, 0.4) is 0 Å². The lowest BCUT2D eigenvalue weighted by molar-refractivity contribution is 0.251. The third-order valence-electron chi connectivity index (χ3n) is 4.63. The van der Waals surface area contributed by atoms with E-state index in [1.807, 2.05) is 0 Å². The van der Waals surface area contributed by atoms with E-state index in [4.69, 9.17) is 5.73 Å². The van der Waals surface area contributed by atoms with Gasteiger partial charge < -0.3 is 5.73 Å². The van der Waals surface area contributed by atoms with Crippen molar-refractivity contribution in [2.45, 2.75) is 58.3 Å². The molecule has 0 aromatic heterocycles. The first-order valence-corrected chi connectivity index (χ1v) is 6.82. The molecule has 17 heavy (non-hydrogen) atoms. The van der Waals surface area contributed by atoms with Crippen LogP contribution in [0.5, 0.6) is 0 Å². The summed E-state index contributed by atoms with van der Waals surface area (Å²) in [5, 5.41) is 0. The summed E-state index contributed by atoms with van der Waals surface area (Å²) >= 11 is 0. The van der Waals surface area contributed by atoms with Gasteiger partial charge in [0.15, 0.2) is 0 Å². The molecular formula is C16H25N. The van der Waals surface area contributed by atoms with Gasteiger partial charge >= 0.3 is 0 Å². The fraction of sp³-hybridized carbons (Fsp3) is 0.625. The van der Waals surface area contributed by atoms with Crippen molar-refractivity contribution in [3.05, 3.63) is 34.4 Å². The molecule has 1 nitrogen and oxygen atoms in total. The fourth-order valence-electron chi connectivity index (χ4n) is 2.96. The molecule has 0 unspecified atom stereocenters. The Kier molecular flexibility index (Phi) is 3.31. The lowest BCUT2D eigenvalue weighted by atomic mass is 9.62. The first kappa shape index (κ1) is 12.6. The number of aryl methyl sites for hydroxylation is 1. The van der Waals surface area contributed by atoms with Crippen molar-refractivity contribution in [3.8, 4) is 0 Å². The number of hydrogen-bond donors (Lipinski definition) is 1. The highest BCUT2D eigenvalue weighted by Crippen LogP contribution is 2.45. The summed E-state index contributed by atoms with van der Waals surface area (Å²) in [6.45, 7) is 9.82. The Bertz CT molecular complexity index is 408. The minimum Gasteiger partial charge on any atom is -0.330 e. The van der Waals surface area contributed by atoms with Gasteiger partial charge in [0.25, 0.3) is 0 Å². The second kappa shape index (κ2) is 4.45. The van der Waals surface area contributed by atoms with E-state index in [1.165, 1.54) is 41.5 Å². The van der Waals surface area contributed by atoms with Crippen molar-refractivity contribution < 1.29 is 0 Å². The van der Waals surface area contributed by atoms with E-state index >= 15 is 0 Å². The van der Waals surface area contributed by atoms with Crippen molar-refractivity contribution in [1.29, 1.82) is 0 Å². The summed E-state index contributed by atoms with van der Waals surface area (Å²) < 4.78 is 0. The van der Waals surface area contributed by atoms with Crippen LogP contribution in [0, 0.1) is 13.8 Å². The van der Waals surface area contributed by atoms with E-state index in [0.29, 0.717) is 11.3 Å². The highest BCUT2D eigenvalue weighted by atomic mass is 14.6. The standard InChI is InChI=1S/C16H25N/c1-11(2)14-8-12(3)13(4)15(9-14)16(10-17)6-5-7-16/h8-9,11H,5-7,10,17H2,1-4H3. The molecule has 1 fully saturated rings. The van der Waals surface area contributed by atoms with Crippen molar-refractivity contribution in [3.63, 3.8) is 0 Å². The molecule has 0 amide bonds. The van der Waals surface area contributed by atoms with Crippen LogP contribution in [-0.2, 0) is 5.41 Å². The first-order valence-electron chi connectivity index (χ1n) is 6.82. The summed E-state index contributed by atoms with van der Waals surface area (Å²) in [6, 6.07) is 4.76. The smallest absolute Gasteiger partial charge is 0.00784 e. The molecule has 2 rings (SSSR count). The van der Waals surface area contributed by atoms with Gasteiger partial charge in [-0.2, -0.15) is 0 Å². The van der Waals surface area contributed by atoms with Gasteiger partial charge in [0, 0.05) is 12.0 Å². The van der Waals surface area contributed by atoms with E-state index in [0.717, 1.165) is 6.54 Å². The van der Waals surface area contributed by atoms with Crippen molar-refractivity contribution in [2.75, 3.05) is 6.54 Å². The molecule has 1 aromatic carbocycles. The van der Waals surface area contributed by atoms with Gasteiger partial charge in [-0.05, 0) is 54.9 Å². The zero-order valence-corrected chi connectivity index (χ0v) is 11.6. The molecule has 1 aromatic rings. The second-order valence-electron chi connectivity index (χ2n) is 6.00. The number of nitrogens with two attached hydrogens (primary N) is 1. The molecule has 0 aliphatic heterocycles. The highest BCUT2D eigenvalue weighted by molar-refractivity contribution is 5.44. The topological polar surface area (TPSA) is 26.0 Å². The summed E-state index contributed by atoms with van der Waals surface area (Å²) in [4.78, 5) is 0. The molecule has 1 heteroatoms. The Hall–Kier alpha value is -0.820. The Labute approximate surface area is 105 Å². The van der Waals surface area contributed by atoms with Crippen LogP contribution in [0.2, 0.25) is 0 Å². The third kappa shape index (κ3) is 2.01. The molecule has 1 saturated carbocycles. The molecular weight excluding hydrogens is 206 g/mol. The van der Waals surface area contributed by atoms with Crippen molar-refractivity contribution in [1.82, 2.24) is 0 Å². The van der Waals surface area contributed by atoms with E-state index < -0.39 is 0 Å². The maximum atomic E-state index is 6.05. The molecule has 0 spiro atoms. The predicted molar refractivity (Wildman–Crippen MR) is 74.6 cm³/mol. The highest BCUT2D eigenvalue weighted by Gasteiger charge is 2.38. The van der Waals surface area contributed by atoms with Crippen LogP contribution in [0.4, 0.5) is 0 Å². The van der Waals surface area contributed by atoms with Gasteiger partial charge in [-0.15, -0.1) is 0 Å². The van der Waals surface area contributed by atoms with Crippen LogP contribution in [0.1, 0.15) is 61.3 Å². The molecule has 94 valence electrons. The zero-order chi connectivity index (χ0) is 12.6. The maximum Gasteiger partial charge on any atom is 0.00784 e. The zero-order valence-electron chi connectivity index (χ0n) is 11.6. The quantitative estimate of drug-likeness (QED) is 0.841. The maximum absolute atomic E-state index is 6.05. The molecule has 1 aliphatic rings. The van der Waals surface area contributed by atoms with Crippen LogP contribution >= 0.6 is 0 Å². The van der Waals surface area contributed by atoms with Gasteiger partial charge in [-0.25, -0.2) is 0 Å². The monoisotopic (exact) mass is 231 g/mol. The average molecular weight is 231 g/mol. The largest absolute Gasteiger partial charge is 0.330 e. The second-order valence-corrected chi connectivity index (χ2v) is 6.00. The van der Waals surface area contributed by atoms with Crippen LogP contribution in [0.15, 0.2) is 12.1 Å². The number of hydrogen-bond acceptors (Lipinski definition) is 1. The SMILES string of the molecule is Cc1cc(C(C)C)cc(C2(CN)CCC2)c1C. The number of benzene rings is 1. The summed E-state index contributed by atoms with van der Waals surface area (Å²) in [6.07, 6.45) is 3.87.